The lowest BCUT2D eigenvalue weighted by molar-refractivity contribution is -0.193. The molecule has 0 aromatic heterocycles. The van der Waals surface area contributed by atoms with E-state index in [9.17, 15) is 0 Å². The summed E-state index contributed by atoms with van der Waals surface area (Å²) in [5, 5.41) is 2.89. The van der Waals surface area contributed by atoms with Crippen LogP contribution in [0.25, 0.3) is 0 Å². The van der Waals surface area contributed by atoms with Gasteiger partial charge in [-0.05, 0) is 25.7 Å². The molecule has 94 valence electrons. The van der Waals surface area contributed by atoms with Crippen LogP contribution in [-0.4, -0.2) is 16.6 Å². The van der Waals surface area contributed by atoms with E-state index in [0.29, 0.717) is 11.8 Å². The second-order valence-electron chi connectivity index (χ2n) is 5.57. The van der Waals surface area contributed by atoms with Crippen LogP contribution in [-0.2, 0) is 4.84 Å². The fourth-order valence-electron chi connectivity index (χ4n) is 1.83. The molecule has 0 saturated heterocycles. The molecule has 0 aliphatic carbocycles. The average molecular weight is 246 g/mol. The van der Waals surface area contributed by atoms with Crippen molar-refractivity contribution in [2.45, 2.75) is 59.5 Å². The van der Waals surface area contributed by atoms with E-state index in [1.54, 1.807) is 6.26 Å². The first kappa shape index (κ1) is 13.9. The highest BCUT2D eigenvalue weighted by Crippen LogP contribution is 2.38. The maximum absolute atomic E-state index is 6.25. The van der Waals surface area contributed by atoms with Crippen LogP contribution in [0.2, 0.25) is 0 Å². The SMILES string of the molecule is CCC(C)C1C(Cl)=CON1C(C)(C)C(C)C. The summed E-state index contributed by atoms with van der Waals surface area (Å²) < 4.78 is 0. The van der Waals surface area contributed by atoms with Gasteiger partial charge in [0.2, 0.25) is 0 Å². The third-order valence-corrected chi connectivity index (χ3v) is 4.29. The van der Waals surface area contributed by atoms with Gasteiger partial charge in [0, 0.05) is 0 Å². The quantitative estimate of drug-likeness (QED) is 0.737. The second-order valence-corrected chi connectivity index (χ2v) is 6.01. The molecule has 1 aliphatic heterocycles. The summed E-state index contributed by atoms with van der Waals surface area (Å²) in [4.78, 5) is 5.67. The number of hydroxylamine groups is 2. The zero-order valence-electron chi connectivity index (χ0n) is 11.2. The van der Waals surface area contributed by atoms with E-state index in [2.05, 4.69) is 46.6 Å². The molecule has 0 aromatic carbocycles. The van der Waals surface area contributed by atoms with Crippen LogP contribution >= 0.6 is 11.6 Å². The molecule has 1 aliphatic rings. The van der Waals surface area contributed by atoms with Gasteiger partial charge in [0.25, 0.3) is 0 Å². The van der Waals surface area contributed by atoms with E-state index in [1.807, 2.05) is 0 Å². The summed E-state index contributed by atoms with van der Waals surface area (Å²) in [6.45, 7) is 13.2. The minimum atomic E-state index is -0.0127. The number of hydrogen-bond acceptors (Lipinski definition) is 2. The number of hydrogen-bond donors (Lipinski definition) is 0. The molecule has 1 rings (SSSR count). The van der Waals surface area contributed by atoms with Gasteiger partial charge in [-0.3, -0.25) is 0 Å². The van der Waals surface area contributed by atoms with Crippen molar-refractivity contribution in [2.75, 3.05) is 0 Å². The van der Waals surface area contributed by atoms with Crippen LogP contribution in [0.1, 0.15) is 48.0 Å². The van der Waals surface area contributed by atoms with E-state index < -0.39 is 0 Å². The van der Waals surface area contributed by atoms with Gasteiger partial charge in [0.05, 0.1) is 16.6 Å². The minimum Gasteiger partial charge on any atom is -0.411 e. The first-order valence-electron chi connectivity index (χ1n) is 6.14. The van der Waals surface area contributed by atoms with E-state index in [0.717, 1.165) is 11.5 Å². The van der Waals surface area contributed by atoms with E-state index in [-0.39, 0.29) is 11.6 Å². The van der Waals surface area contributed by atoms with Crippen molar-refractivity contribution in [2.24, 2.45) is 11.8 Å². The zero-order chi connectivity index (χ0) is 12.5. The third kappa shape index (κ3) is 2.38. The molecule has 0 aromatic rings. The molecule has 16 heavy (non-hydrogen) atoms. The van der Waals surface area contributed by atoms with Gasteiger partial charge in [-0.25, -0.2) is 0 Å². The largest absolute Gasteiger partial charge is 0.411 e. The summed E-state index contributed by atoms with van der Waals surface area (Å²) in [5.74, 6) is 1.01. The average Bonchev–Trinajstić information content (AvgIpc) is 2.59. The maximum atomic E-state index is 6.25. The Hall–Kier alpha value is -0.210. The highest BCUT2D eigenvalue weighted by Gasteiger charge is 2.43. The molecule has 0 fully saturated rings. The molecule has 0 spiro atoms. The molecular formula is C13H24ClNO. The number of rotatable bonds is 4. The Morgan fingerprint density at radius 2 is 2.00 bits per heavy atom. The summed E-state index contributed by atoms with van der Waals surface area (Å²) in [6, 6.07) is 0.198. The van der Waals surface area contributed by atoms with E-state index in [4.69, 9.17) is 16.4 Å². The molecule has 1 heterocycles. The fourth-order valence-corrected chi connectivity index (χ4v) is 2.17. The Labute approximate surface area is 105 Å². The van der Waals surface area contributed by atoms with Crippen LogP contribution in [0.5, 0.6) is 0 Å². The van der Waals surface area contributed by atoms with Crippen LogP contribution in [0.15, 0.2) is 11.3 Å². The lowest BCUT2D eigenvalue weighted by Gasteiger charge is -2.42. The van der Waals surface area contributed by atoms with Crippen molar-refractivity contribution in [3.05, 3.63) is 11.3 Å². The molecule has 0 amide bonds. The van der Waals surface area contributed by atoms with Gasteiger partial charge in [0.1, 0.15) is 6.26 Å². The lowest BCUT2D eigenvalue weighted by Crippen LogP contribution is -2.52. The van der Waals surface area contributed by atoms with Crippen molar-refractivity contribution in [1.82, 2.24) is 5.06 Å². The lowest BCUT2D eigenvalue weighted by atomic mass is 9.87. The van der Waals surface area contributed by atoms with Crippen LogP contribution in [0.4, 0.5) is 0 Å². The van der Waals surface area contributed by atoms with Crippen molar-refractivity contribution in [3.8, 4) is 0 Å². The molecule has 2 atom stereocenters. The molecule has 0 N–H and O–H groups in total. The van der Waals surface area contributed by atoms with Crippen molar-refractivity contribution in [1.29, 1.82) is 0 Å². The Balaban J connectivity index is 2.91. The Kier molecular flexibility index (Phi) is 4.30. The number of nitrogens with zero attached hydrogens (tertiary/aromatic N) is 1. The van der Waals surface area contributed by atoms with Crippen LogP contribution < -0.4 is 0 Å². The van der Waals surface area contributed by atoms with Gasteiger partial charge < -0.3 is 4.84 Å². The highest BCUT2D eigenvalue weighted by molar-refractivity contribution is 6.30. The first-order chi connectivity index (χ1) is 7.32. The molecule has 0 bridgehead atoms. The molecule has 2 nitrogen and oxygen atoms in total. The Morgan fingerprint density at radius 1 is 1.44 bits per heavy atom. The van der Waals surface area contributed by atoms with Crippen LogP contribution in [0.3, 0.4) is 0 Å². The fraction of sp³-hybridized carbons (Fsp3) is 0.846. The minimum absolute atomic E-state index is 0.0127. The molecule has 3 heteroatoms. The van der Waals surface area contributed by atoms with Gasteiger partial charge in [-0.15, -0.1) is 5.06 Å². The maximum Gasteiger partial charge on any atom is 0.127 e. The highest BCUT2D eigenvalue weighted by atomic mass is 35.5. The summed E-state index contributed by atoms with van der Waals surface area (Å²) in [5.41, 5.74) is -0.0127. The molecule has 0 saturated carbocycles. The zero-order valence-corrected chi connectivity index (χ0v) is 12.0. The smallest absolute Gasteiger partial charge is 0.127 e. The summed E-state index contributed by atoms with van der Waals surface area (Å²) in [6.07, 6.45) is 2.78. The molecule has 0 radical (unpaired) electrons. The molecule has 2 unspecified atom stereocenters. The predicted octanol–water partition coefficient (Wildman–Crippen LogP) is 4.16. The van der Waals surface area contributed by atoms with Crippen LogP contribution in [0, 0.1) is 11.8 Å². The first-order valence-corrected chi connectivity index (χ1v) is 6.51. The van der Waals surface area contributed by atoms with Gasteiger partial charge >= 0.3 is 0 Å². The standard InChI is InChI=1S/C13H24ClNO/c1-7-10(4)12-11(14)8-16-15(12)13(5,6)9(2)3/h8-10,12H,7H2,1-6H3. The van der Waals surface area contributed by atoms with Crippen molar-refractivity contribution >= 4 is 11.6 Å². The van der Waals surface area contributed by atoms with Gasteiger partial charge in [-0.1, -0.05) is 45.7 Å². The van der Waals surface area contributed by atoms with E-state index in [1.165, 1.54) is 0 Å². The molecular weight excluding hydrogens is 222 g/mol. The Bertz CT molecular complexity index is 273. The summed E-state index contributed by atoms with van der Waals surface area (Å²) in [7, 11) is 0. The van der Waals surface area contributed by atoms with Gasteiger partial charge in [-0.2, -0.15) is 0 Å². The Morgan fingerprint density at radius 3 is 2.44 bits per heavy atom. The monoisotopic (exact) mass is 245 g/mol. The normalized spacial score (nSPS) is 24.5. The van der Waals surface area contributed by atoms with Gasteiger partial charge in [0.15, 0.2) is 0 Å². The summed E-state index contributed by atoms with van der Waals surface area (Å²) >= 11 is 6.25. The second kappa shape index (κ2) is 4.97. The number of halogens is 1. The third-order valence-electron chi connectivity index (χ3n) is 3.98. The van der Waals surface area contributed by atoms with Crippen molar-refractivity contribution < 1.29 is 4.84 Å². The van der Waals surface area contributed by atoms with E-state index >= 15 is 0 Å². The topological polar surface area (TPSA) is 12.5 Å². The van der Waals surface area contributed by atoms with Crippen molar-refractivity contribution in [3.63, 3.8) is 0 Å². The predicted molar refractivity (Wildman–Crippen MR) is 69.0 cm³/mol.